The molecular formula is C40H31ClN2O6. The number of aromatic hydroxyl groups is 1. The third-order valence-electron chi connectivity index (χ3n) is 10.9. The second-order valence-corrected chi connectivity index (χ2v) is 13.7. The van der Waals surface area contributed by atoms with Crippen LogP contribution in [0.4, 0.5) is 11.4 Å². The Morgan fingerprint density at radius 2 is 1.51 bits per heavy atom. The van der Waals surface area contributed by atoms with Crippen molar-refractivity contribution >= 4 is 52.4 Å². The van der Waals surface area contributed by atoms with Crippen LogP contribution in [-0.4, -0.2) is 34.5 Å². The van der Waals surface area contributed by atoms with Gasteiger partial charge in [0.25, 0.3) is 0 Å². The number of fused-ring (bicyclic) bond motifs is 4. The number of Topliss-reactive ketones (excluding diaryl/α,β-unsaturated/α-hetero) is 1. The van der Waals surface area contributed by atoms with Crippen LogP contribution in [0.25, 0.3) is 0 Å². The topological polar surface area (TPSA) is 112 Å². The summed E-state index contributed by atoms with van der Waals surface area (Å²) in [5, 5.41) is 11.1. The minimum absolute atomic E-state index is 0.00412. The fraction of sp³-hybridized carbons (Fsp3) is 0.225. The van der Waals surface area contributed by atoms with Crippen molar-refractivity contribution in [3.63, 3.8) is 0 Å². The van der Waals surface area contributed by atoms with E-state index >= 15 is 4.79 Å². The molecule has 0 spiro atoms. The lowest BCUT2D eigenvalue weighted by molar-refractivity contribution is -0.127. The summed E-state index contributed by atoms with van der Waals surface area (Å²) in [6, 6.07) is 29.0. The number of halogens is 1. The number of imide groups is 2. The molecule has 0 bridgehead atoms. The molecule has 4 aromatic carbocycles. The first kappa shape index (κ1) is 31.0. The number of ketones is 1. The van der Waals surface area contributed by atoms with E-state index in [1.165, 1.54) is 16.7 Å². The predicted octanol–water partition coefficient (Wildman–Crippen LogP) is 6.62. The Kier molecular flexibility index (Phi) is 7.19. The number of benzene rings is 4. The zero-order valence-corrected chi connectivity index (χ0v) is 27.2. The van der Waals surface area contributed by atoms with Gasteiger partial charge in [0, 0.05) is 16.5 Å². The Balaban J connectivity index is 1.32. The van der Waals surface area contributed by atoms with Gasteiger partial charge in [-0.25, -0.2) is 4.90 Å². The van der Waals surface area contributed by atoms with Crippen molar-refractivity contribution in [2.45, 2.75) is 31.1 Å². The summed E-state index contributed by atoms with van der Waals surface area (Å²) in [4.78, 5) is 72.7. The van der Waals surface area contributed by atoms with E-state index in [1.807, 2.05) is 42.5 Å². The monoisotopic (exact) mass is 670 g/mol. The van der Waals surface area contributed by atoms with Gasteiger partial charge in [-0.3, -0.25) is 28.9 Å². The minimum atomic E-state index is -1.42. The van der Waals surface area contributed by atoms with Crippen LogP contribution in [0, 0.1) is 23.7 Å². The smallest absolute Gasteiger partial charge is 0.246 e. The molecule has 0 radical (unpaired) electrons. The molecule has 4 aromatic rings. The lowest BCUT2D eigenvalue weighted by Gasteiger charge is -2.50. The van der Waals surface area contributed by atoms with Crippen molar-refractivity contribution in [2.75, 3.05) is 9.80 Å². The standard InChI is InChI=1S/C40H31ClN2O6/c1-22(44)23-13-15-27(16-14-23)42-36(46)31-18-17-30-32(34(31)38(42)48)21-33-37(47)43(28-11-6-10-26(41)20-28)39(49)40(33,25-8-3-2-4-9-25)35(30)24-7-5-12-29(45)19-24/h2-17,19-20,31-35,45H,18,21H2,1H3. The van der Waals surface area contributed by atoms with Gasteiger partial charge in [-0.05, 0) is 91.4 Å². The van der Waals surface area contributed by atoms with Gasteiger partial charge in [-0.15, -0.1) is 0 Å². The number of allylic oxidation sites excluding steroid dienone is 2. The molecule has 244 valence electrons. The lowest BCUT2D eigenvalue weighted by Crippen LogP contribution is -2.53. The molecule has 3 fully saturated rings. The second-order valence-electron chi connectivity index (χ2n) is 13.3. The van der Waals surface area contributed by atoms with E-state index in [1.54, 1.807) is 66.7 Å². The number of phenols is 1. The highest BCUT2D eigenvalue weighted by molar-refractivity contribution is 6.32. The number of amides is 4. The Hall–Kier alpha value is -5.34. The molecule has 2 aliphatic heterocycles. The first-order valence-corrected chi connectivity index (χ1v) is 16.7. The fourth-order valence-corrected chi connectivity index (χ4v) is 9.11. The van der Waals surface area contributed by atoms with Crippen LogP contribution in [0.15, 0.2) is 115 Å². The van der Waals surface area contributed by atoms with Crippen molar-refractivity contribution in [1.29, 1.82) is 0 Å². The highest BCUT2D eigenvalue weighted by atomic mass is 35.5. The summed E-state index contributed by atoms with van der Waals surface area (Å²) >= 11 is 6.37. The van der Waals surface area contributed by atoms with E-state index in [-0.39, 0.29) is 36.2 Å². The van der Waals surface area contributed by atoms with Crippen molar-refractivity contribution in [3.8, 4) is 5.75 Å². The molecule has 9 heteroatoms. The molecule has 2 heterocycles. The first-order valence-electron chi connectivity index (χ1n) is 16.3. The quantitative estimate of drug-likeness (QED) is 0.145. The summed E-state index contributed by atoms with van der Waals surface area (Å²) in [6.07, 6.45) is 2.41. The van der Waals surface area contributed by atoms with Crippen LogP contribution in [0.2, 0.25) is 5.02 Å². The highest BCUT2D eigenvalue weighted by Crippen LogP contribution is 2.64. The fourth-order valence-electron chi connectivity index (χ4n) is 8.92. The molecule has 2 aliphatic carbocycles. The van der Waals surface area contributed by atoms with Crippen LogP contribution in [0.5, 0.6) is 5.75 Å². The number of hydrogen-bond donors (Lipinski definition) is 1. The van der Waals surface area contributed by atoms with Crippen LogP contribution in [0.1, 0.15) is 47.2 Å². The molecule has 49 heavy (non-hydrogen) atoms. The maximum Gasteiger partial charge on any atom is 0.246 e. The molecule has 8 nitrogen and oxygen atoms in total. The summed E-state index contributed by atoms with van der Waals surface area (Å²) in [7, 11) is 0. The molecule has 8 rings (SSSR count). The van der Waals surface area contributed by atoms with Crippen LogP contribution >= 0.6 is 11.6 Å². The van der Waals surface area contributed by atoms with Gasteiger partial charge in [0.1, 0.15) is 5.75 Å². The molecule has 1 N–H and O–H groups in total. The molecule has 0 aromatic heterocycles. The number of carbonyl (C=O) groups is 5. The van der Waals surface area contributed by atoms with E-state index < -0.39 is 46.8 Å². The summed E-state index contributed by atoms with van der Waals surface area (Å²) in [5.74, 6) is -5.24. The van der Waals surface area contributed by atoms with Crippen LogP contribution < -0.4 is 9.80 Å². The van der Waals surface area contributed by atoms with Gasteiger partial charge in [-0.2, -0.15) is 0 Å². The van der Waals surface area contributed by atoms with E-state index in [0.29, 0.717) is 33.1 Å². The molecular weight excluding hydrogens is 640 g/mol. The third-order valence-corrected chi connectivity index (χ3v) is 11.1. The first-order chi connectivity index (χ1) is 23.6. The number of phenolic OH excluding ortho intramolecular Hbond substituents is 1. The molecule has 4 aliphatic rings. The molecule has 6 unspecified atom stereocenters. The van der Waals surface area contributed by atoms with Gasteiger partial charge in [0.15, 0.2) is 5.78 Å². The molecule has 4 amide bonds. The third kappa shape index (κ3) is 4.47. The lowest BCUT2D eigenvalue weighted by atomic mass is 9.49. The van der Waals surface area contributed by atoms with Crippen molar-refractivity contribution in [1.82, 2.24) is 0 Å². The van der Waals surface area contributed by atoms with E-state index in [9.17, 15) is 24.3 Å². The van der Waals surface area contributed by atoms with Crippen molar-refractivity contribution in [3.05, 3.63) is 136 Å². The maximum atomic E-state index is 15.2. The Labute approximate surface area is 287 Å². The average molecular weight is 671 g/mol. The van der Waals surface area contributed by atoms with Crippen LogP contribution in [0.3, 0.4) is 0 Å². The van der Waals surface area contributed by atoms with Gasteiger partial charge in [0.2, 0.25) is 23.6 Å². The number of nitrogens with zero attached hydrogens (tertiary/aromatic N) is 2. The maximum absolute atomic E-state index is 15.2. The highest BCUT2D eigenvalue weighted by Gasteiger charge is 2.70. The van der Waals surface area contributed by atoms with E-state index in [4.69, 9.17) is 11.6 Å². The van der Waals surface area contributed by atoms with E-state index in [0.717, 1.165) is 5.57 Å². The van der Waals surface area contributed by atoms with Gasteiger partial charge in [0.05, 0.1) is 34.5 Å². The predicted molar refractivity (Wildman–Crippen MR) is 183 cm³/mol. The average Bonchev–Trinajstić information content (AvgIpc) is 3.49. The number of carbonyl (C=O) groups excluding carboxylic acids is 5. The van der Waals surface area contributed by atoms with Gasteiger partial charge >= 0.3 is 0 Å². The molecule has 2 saturated heterocycles. The second kappa shape index (κ2) is 11.4. The molecule has 1 saturated carbocycles. The summed E-state index contributed by atoms with van der Waals surface area (Å²) in [5.41, 5.74) is 1.87. The normalized spacial score (nSPS) is 27.5. The van der Waals surface area contributed by atoms with E-state index in [2.05, 4.69) is 0 Å². The SMILES string of the molecule is CC(=O)c1ccc(N2C(=O)C3CC=C4C(CC5C(=O)N(c6cccc(Cl)c6)C(=O)C5(c5ccccc5)C4c4cccc(O)c4)C3C2=O)cc1. The number of rotatable bonds is 5. The minimum Gasteiger partial charge on any atom is -0.508 e. The van der Waals surface area contributed by atoms with Crippen molar-refractivity contribution in [2.24, 2.45) is 23.7 Å². The van der Waals surface area contributed by atoms with Gasteiger partial charge in [-0.1, -0.05) is 71.8 Å². The number of hydrogen-bond acceptors (Lipinski definition) is 6. The Morgan fingerprint density at radius 1 is 0.776 bits per heavy atom. The zero-order valence-electron chi connectivity index (χ0n) is 26.5. The Bertz CT molecular complexity index is 2110. The summed E-state index contributed by atoms with van der Waals surface area (Å²) < 4.78 is 0. The zero-order chi connectivity index (χ0) is 34.2. The van der Waals surface area contributed by atoms with Gasteiger partial charge < -0.3 is 5.11 Å². The van der Waals surface area contributed by atoms with Crippen molar-refractivity contribution < 1.29 is 29.1 Å². The largest absolute Gasteiger partial charge is 0.508 e. The number of anilines is 2. The Morgan fingerprint density at radius 3 is 2.20 bits per heavy atom. The molecule has 6 atom stereocenters. The summed E-state index contributed by atoms with van der Waals surface area (Å²) in [6.45, 7) is 1.45. The van der Waals surface area contributed by atoms with Crippen LogP contribution in [-0.2, 0) is 24.6 Å².